The van der Waals surface area contributed by atoms with Crippen LogP contribution in [0.1, 0.15) is 31.7 Å². The van der Waals surface area contributed by atoms with Crippen molar-refractivity contribution < 1.29 is 4.74 Å². The van der Waals surface area contributed by atoms with E-state index in [1.165, 1.54) is 0 Å². The third kappa shape index (κ3) is 4.08. The number of nitrogens with two attached hydrogens (primary N) is 1. The second-order valence-corrected chi connectivity index (χ2v) is 6.43. The molecule has 0 aliphatic carbocycles. The number of thiazole rings is 1. The van der Waals surface area contributed by atoms with E-state index in [2.05, 4.69) is 24.1 Å². The molecule has 1 aromatic heterocycles. The van der Waals surface area contributed by atoms with Gasteiger partial charge in [0.05, 0.1) is 32.7 Å². The highest BCUT2D eigenvalue weighted by molar-refractivity contribution is 7.18. The minimum absolute atomic E-state index is 0.314. The molecule has 0 saturated heterocycles. The van der Waals surface area contributed by atoms with E-state index in [1.54, 1.807) is 11.3 Å². The zero-order valence-corrected chi connectivity index (χ0v) is 13.2. The summed E-state index contributed by atoms with van der Waals surface area (Å²) < 4.78 is 6.67. The second kappa shape index (κ2) is 6.90. The van der Waals surface area contributed by atoms with Gasteiger partial charge in [0, 0.05) is 13.2 Å². The maximum Gasteiger partial charge on any atom is 0.0907 e. The van der Waals surface area contributed by atoms with Crippen LogP contribution in [0.4, 0.5) is 11.4 Å². The number of fused-ring (bicyclic) bond motifs is 1. The number of aromatic nitrogens is 1. The first-order valence-electron chi connectivity index (χ1n) is 7.08. The number of hydrogen-bond acceptors (Lipinski definition) is 5. The van der Waals surface area contributed by atoms with Gasteiger partial charge in [-0.05, 0) is 45.7 Å². The molecule has 2 rings (SSSR count). The number of ether oxygens (including phenoxy) is 1. The molecule has 0 radical (unpaired) electrons. The fourth-order valence-electron chi connectivity index (χ4n) is 2.03. The van der Waals surface area contributed by atoms with Crippen LogP contribution in [0.25, 0.3) is 10.2 Å². The predicted octanol–water partition coefficient (Wildman–Crippen LogP) is 3.80. The van der Waals surface area contributed by atoms with Crippen LogP contribution in [-0.4, -0.2) is 24.2 Å². The fraction of sp³-hybridized carbons (Fsp3) is 0.533. The number of nitrogens with one attached hydrogen (secondary N) is 1. The van der Waals surface area contributed by atoms with Crippen LogP contribution in [0.5, 0.6) is 0 Å². The molecule has 0 atom stereocenters. The Hall–Kier alpha value is -1.33. The zero-order valence-electron chi connectivity index (χ0n) is 12.4. The Morgan fingerprint density at radius 2 is 2.15 bits per heavy atom. The summed E-state index contributed by atoms with van der Waals surface area (Å²) in [6.45, 7) is 7.86. The van der Waals surface area contributed by atoms with E-state index in [0.717, 1.165) is 52.6 Å². The highest BCUT2D eigenvalue weighted by Crippen LogP contribution is 2.29. The standard InChI is InChI=1S/C15H23N3OS/c1-10(2)19-7-5-4-6-17-13-9-14-15(8-12(13)16)20-11(3)18-14/h8-10,17H,4-7,16H2,1-3H3. The molecular formula is C15H23N3OS. The average Bonchev–Trinajstić information content (AvgIpc) is 2.72. The molecule has 4 nitrogen and oxygen atoms in total. The molecule has 110 valence electrons. The van der Waals surface area contributed by atoms with Crippen molar-refractivity contribution in [3.63, 3.8) is 0 Å². The molecule has 20 heavy (non-hydrogen) atoms. The number of rotatable bonds is 7. The molecule has 5 heteroatoms. The van der Waals surface area contributed by atoms with Crippen molar-refractivity contribution in [2.24, 2.45) is 0 Å². The summed E-state index contributed by atoms with van der Waals surface area (Å²) in [4.78, 5) is 4.49. The van der Waals surface area contributed by atoms with Gasteiger partial charge >= 0.3 is 0 Å². The number of aryl methyl sites for hydroxylation is 1. The molecular weight excluding hydrogens is 270 g/mol. The zero-order chi connectivity index (χ0) is 14.5. The van der Waals surface area contributed by atoms with Crippen molar-refractivity contribution in [2.75, 3.05) is 24.2 Å². The lowest BCUT2D eigenvalue weighted by Gasteiger charge is -2.10. The summed E-state index contributed by atoms with van der Waals surface area (Å²) in [7, 11) is 0. The van der Waals surface area contributed by atoms with Crippen LogP contribution >= 0.6 is 11.3 Å². The fourth-order valence-corrected chi connectivity index (χ4v) is 2.88. The Bertz CT molecular complexity index is 565. The van der Waals surface area contributed by atoms with Crippen molar-refractivity contribution in [3.05, 3.63) is 17.1 Å². The quantitative estimate of drug-likeness (QED) is 0.602. The van der Waals surface area contributed by atoms with Crippen LogP contribution in [0.3, 0.4) is 0 Å². The number of nitrogens with zero attached hydrogens (tertiary/aromatic N) is 1. The van der Waals surface area contributed by atoms with E-state index in [-0.39, 0.29) is 0 Å². The third-order valence-corrected chi connectivity index (χ3v) is 3.94. The minimum Gasteiger partial charge on any atom is -0.397 e. The first-order valence-corrected chi connectivity index (χ1v) is 7.90. The summed E-state index contributed by atoms with van der Waals surface area (Å²) in [5.41, 5.74) is 8.86. The number of hydrogen-bond donors (Lipinski definition) is 2. The molecule has 0 aliphatic heterocycles. The van der Waals surface area contributed by atoms with E-state index in [1.807, 2.05) is 19.1 Å². The van der Waals surface area contributed by atoms with Gasteiger partial charge in [0.1, 0.15) is 0 Å². The van der Waals surface area contributed by atoms with Gasteiger partial charge in [-0.2, -0.15) is 0 Å². The minimum atomic E-state index is 0.314. The van der Waals surface area contributed by atoms with Gasteiger partial charge in [0.15, 0.2) is 0 Å². The normalized spacial score (nSPS) is 11.4. The van der Waals surface area contributed by atoms with E-state index in [4.69, 9.17) is 10.5 Å². The van der Waals surface area contributed by atoms with Gasteiger partial charge < -0.3 is 15.8 Å². The molecule has 0 unspecified atom stereocenters. The predicted molar refractivity (Wildman–Crippen MR) is 87.6 cm³/mol. The number of benzene rings is 1. The number of nitrogen functional groups attached to an aromatic ring is 1. The van der Waals surface area contributed by atoms with Crippen molar-refractivity contribution in [1.29, 1.82) is 0 Å². The monoisotopic (exact) mass is 293 g/mol. The molecule has 0 aliphatic rings. The van der Waals surface area contributed by atoms with E-state index in [9.17, 15) is 0 Å². The Kier molecular flexibility index (Phi) is 5.20. The van der Waals surface area contributed by atoms with Gasteiger partial charge in [0.25, 0.3) is 0 Å². The summed E-state index contributed by atoms with van der Waals surface area (Å²) in [6, 6.07) is 4.04. The lowest BCUT2D eigenvalue weighted by molar-refractivity contribution is 0.0765. The van der Waals surface area contributed by atoms with Crippen LogP contribution in [0.2, 0.25) is 0 Å². The van der Waals surface area contributed by atoms with Crippen LogP contribution in [0, 0.1) is 6.92 Å². The van der Waals surface area contributed by atoms with Crippen molar-refractivity contribution in [2.45, 2.75) is 39.7 Å². The Morgan fingerprint density at radius 3 is 2.90 bits per heavy atom. The van der Waals surface area contributed by atoms with Crippen LogP contribution in [0.15, 0.2) is 12.1 Å². The van der Waals surface area contributed by atoms with Crippen molar-refractivity contribution in [3.8, 4) is 0 Å². The van der Waals surface area contributed by atoms with Crippen molar-refractivity contribution in [1.82, 2.24) is 4.98 Å². The van der Waals surface area contributed by atoms with E-state index < -0.39 is 0 Å². The molecule has 2 aromatic rings. The maximum atomic E-state index is 6.07. The lowest BCUT2D eigenvalue weighted by atomic mass is 10.2. The van der Waals surface area contributed by atoms with Gasteiger partial charge in [-0.25, -0.2) is 4.98 Å². The van der Waals surface area contributed by atoms with E-state index in [0.29, 0.717) is 6.10 Å². The average molecular weight is 293 g/mol. The smallest absolute Gasteiger partial charge is 0.0907 e. The van der Waals surface area contributed by atoms with Crippen LogP contribution < -0.4 is 11.1 Å². The summed E-state index contributed by atoms with van der Waals surface area (Å²) >= 11 is 1.68. The maximum absolute atomic E-state index is 6.07. The van der Waals surface area contributed by atoms with Gasteiger partial charge in [-0.3, -0.25) is 0 Å². The first kappa shape index (κ1) is 15.1. The first-order chi connectivity index (χ1) is 9.56. The lowest BCUT2D eigenvalue weighted by Crippen LogP contribution is -2.08. The number of anilines is 2. The summed E-state index contributed by atoms with van der Waals surface area (Å²) in [5.74, 6) is 0. The topological polar surface area (TPSA) is 60.2 Å². The second-order valence-electron chi connectivity index (χ2n) is 5.19. The molecule has 0 saturated carbocycles. The molecule has 0 bridgehead atoms. The summed E-state index contributed by atoms with van der Waals surface area (Å²) in [6.07, 6.45) is 2.44. The largest absolute Gasteiger partial charge is 0.397 e. The summed E-state index contributed by atoms with van der Waals surface area (Å²) in [5, 5.41) is 4.46. The van der Waals surface area contributed by atoms with Gasteiger partial charge in [-0.15, -0.1) is 11.3 Å². The highest BCUT2D eigenvalue weighted by Gasteiger charge is 2.05. The number of unbranched alkanes of at least 4 members (excludes halogenated alkanes) is 1. The Labute approximate surface area is 124 Å². The third-order valence-electron chi connectivity index (χ3n) is 3.00. The molecule has 3 N–H and O–H groups in total. The van der Waals surface area contributed by atoms with E-state index >= 15 is 0 Å². The highest BCUT2D eigenvalue weighted by atomic mass is 32.1. The molecule has 0 spiro atoms. The van der Waals surface area contributed by atoms with Gasteiger partial charge in [-0.1, -0.05) is 0 Å². The Balaban J connectivity index is 1.85. The molecule has 0 fully saturated rings. The Morgan fingerprint density at radius 1 is 1.35 bits per heavy atom. The van der Waals surface area contributed by atoms with Crippen molar-refractivity contribution >= 4 is 32.9 Å². The molecule has 1 heterocycles. The van der Waals surface area contributed by atoms with Crippen LogP contribution in [-0.2, 0) is 4.74 Å². The van der Waals surface area contributed by atoms with Gasteiger partial charge in [0.2, 0.25) is 0 Å². The molecule has 1 aromatic carbocycles. The SMILES string of the molecule is Cc1nc2cc(NCCCCOC(C)C)c(N)cc2s1. The molecule has 0 amide bonds.